The zero-order chi connectivity index (χ0) is 18.8. The highest BCUT2D eigenvalue weighted by molar-refractivity contribution is 7.87. The lowest BCUT2D eigenvalue weighted by Crippen LogP contribution is -2.56. The smallest absolute Gasteiger partial charge is 0.451 e. The van der Waals surface area contributed by atoms with E-state index in [2.05, 4.69) is 4.72 Å². The van der Waals surface area contributed by atoms with Crippen LogP contribution in [0.5, 0.6) is 0 Å². The lowest BCUT2D eigenvalue weighted by Gasteiger charge is -2.25. The fourth-order valence-corrected chi connectivity index (χ4v) is 4.71. The van der Waals surface area contributed by atoms with Crippen LogP contribution in [0.4, 0.5) is 0 Å². The third kappa shape index (κ3) is 4.68. The normalized spacial score (nSPS) is 33.7. The molecule has 0 bridgehead atoms. The molecule has 0 aromatic heterocycles. The Kier molecular flexibility index (Phi) is 6.43. The largest absolute Gasteiger partial charge is 0.480 e. The number of carboxylic acid groups (broad SMARTS) is 1. The Bertz CT molecular complexity index is 592. The molecule has 8 N–H and O–H groups in total. The van der Waals surface area contributed by atoms with Crippen molar-refractivity contribution in [3.05, 3.63) is 0 Å². The van der Waals surface area contributed by atoms with Gasteiger partial charge in [-0.1, -0.05) is 6.42 Å². The van der Waals surface area contributed by atoms with Crippen molar-refractivity contribution in [3.63, 3.8) is 0 Å². The molecule has 2 rings (SSSR count). The van der Waals surface area contributed by atoms with Gasteiger partial charge in [-0.3, -0.25) is 4.79 Å². The Morgan fingerprint density at radius 1 is 1.40 bits per heavy atom. The molecule has 13 heteroatoms. The second kappa shape index (κ2) is 7.84. The van der Waals surface area contributed by atoms with Crippen molar-refractivity contribution < 1.29 is 33.1 Å². The van der Waals surface area contributed by atoms with Crippen LogP contribution in [-0.2, 0) is 19.7 Å². The van der Waals surface area contributed by atoms with Gasteiger partial charge in [-0.25, -0.2) is 0 Å². The van der Waals surface area contributed by atoms with Gasteiger partial charge in [0.25, 0.3) is 10.2 Å². The van der Waals surface area contributed by atoms with Crippen molar-refractivity contribution in [2.45, 2.75) is 36.8 Å². The van der Waals surface area contributed by atoms with Gasteiger partial charge in [0.15, 0.2) is 0 Å². The molecule has 0 saturated carbocycles. The highest BCUT2D eigenvalue weighted by atomic mass is 32.2. The number of hydrogen-bond acceptors (Lipinski definition) is 8. The fourth-order valence-electron chi connectivity index (χ4n) is 3.17. The maximum Gasteiger partial charge on any atom is 0.451 e. The molecular formula is C12H25BN4O7S. The standard InChI is InChI=1S/C12H25BN4O7S/c14-9-5-24-6-10(9)16-25(22,23)17-4-8(2-1-3-13(20)21)12(15,7-17)11(18)19/h8-10,16,20-21H,1-7,14-15H2,(H,18,19)/t8-,9+,10?,12-/m0/s1. The molecule has 0 aliphatic carbocycles. The van der Waals surface area contributed by atoms with E-state index < -0.39 is 46.8 Å². The summed E-state index contributed by atoms with van der Waals surface area (Å²) < 4.78 is 33.7. The molecule has 0 radical (unpaired) electrons. The van der Waals surface area contributed by atoms with Gasteiger partial charge in [-0.05, 0) is 12.7 Å². The van der Waals surface area contributed by atoms with Crippen LogP contribution in [0.2, 0.25) is 6.32 Å². The van der Waals surface area contributed by atoms with Gasteiger partial charge in [-0.2, -0.15) is 17.4 Å². The summed E-state index contributed by atoms with van der Waals surface area (Å²) in [5.74, 6) is -1.94. The topological polar surface area (TPSA) is 188 Å². The maximum absolute atomic E-state index is 12.5. The second-order valence-electron chi connectivity index (χ2n) is 6.68. The lowest BCUT2D eigenvalue weighted by molar-refractivity contribution is -0.144. The van der Waals surface area contributed by atoms with E-state index in [9.17, 15) is 18.3 Å². The average molecular weight is 380 g/mol. The average Bonchev–Trinajstić information content (AvgIpc) is 3.04. The molecule has 0 aromatic carbocycles. The van der Waals surface area contributed by atoms with E-state index in [0.29, 0.717) is 6.42 Å². The van der Waals surface area contributed by atoms with E-state index in [4.69, 9.17) is 26.3 Å². The van der Waals surface area contributed by atoms with E-state index in [1.807, 2.05) is 0 Å². The molecule has 0 spiro atoms. The molecule has 0 aromatic rings. The van der Waals surface area contributed by atoms with Gasteiger partial charge in [0.1, 0.15) is 5.54 Å². The van der Waals surface area contributed by atoms with Crippen LogP contribution in [0.3, 0.4) is 0 Å². The number of aliphatic carboxylic acids is 1. The summed E-state index contributed by atoms with van der Waals surface area (Å²) in [4.78, 5) is 11.6. The summed E-state index contributed by atoms with van der Waals surface area (Å²) >= 11 is 0. The highest BCUT2D eigenvalue weighted by Crippen LogP contribution is 2.32. The maximum atomic E-state index is 12.5. The Hall–Kier alpha value is -0.795. The zero-order valence-corrected chi connectivity index (χ0v) is 14.6. The number of rotatable bonds is 8. The number of nitrogens with two attached hydrogens (primary N) is 2. The molecule has 11 nitrogen and oxygen atoms in total. The van der Waals surface area contributed by atoms with E-state index in [-0.39, 0.29) is 39.0 Å². The van der Waals surface area contributed by atoms with E-state index in [1.54, 1.807) is 0 Å². The fraction of sp³-hybridized carbons (Fsp3) is 0.917. The minimum absolute atomic E-state index is 0.0610. The van der Waals surface area contributed by atoms with Crippen molar-refractivity contribution >= 4 is 23.3 Å². The lowest BCUT2D eigenvalue weighted by atomic mass is 9.78. The highest BCUT2D eigenvalue weighted by Gasteiger charge is 2.52. The predicted molar refractivity (Wildman–Crippen MR) is 88.5 cm³/mol. The molecule has 4 atom stereocenters. The minimum atomic E-state index is -3.97. The Labute approximate surface area is 146 Å². The zero-order valence-electron chi connectivity index (χ0n) is 13.7. The monoisotopic (exact) mass is 380 g/mol. The van der Waals surface area contributed by atoms with Crippen LogP contribution >= 0.6 is 0 Å². The van der Waals surface area contributed by atoms with Crippen molar-refractivity contribution in [2.24, 2.45) is 17.4 Å². The van der Waals surface area contributed by atoms with Crippen LogP contribution < -0.4 is 16.2 Å². The van der Waals surface area contributed by atoms with Crippen molar-refractivity contribution in [2.75, 3.05) is 26.3 Å². The molecule has 2 aliphatic rings. The van der Waals surface area contributed by atoms with Gasteiger partial charge in [0.2, 0.25) is 0 Å². The number of ether oxygens (including phenoxy) is 1. The number of nitrogens with one attached hydrogen (secondary N) is 1. The van der Waals surface area contributed by atoms with Crippen molar-refractivity contribution in [3.8, 4) is 0 Å². The van der Waals surface area contributed by atoms with Crippen molar-refractivity contribution in [1.29, 1.82) is 0 Å². The molecule has 1 unspecified atom stereocenters. The first-order chi connectivity index (χ1) is 11.6. The number of carboxylic acids is 1. The molecule has 25 heavy (non-hydrogen) atoms. The van der Waals surface area contributed by atoms with E-state index >= 15 is 0 Å². The van der Waals surface area contributed by atoms with Gasteiger partial charge in [0, 0.05) is 25.0 Å². The first-order valence-corrected chi connectivity index (χ1v) is 9.49. The number of hydrogen-bond donors (Lipinski definition) is 6. The summed E-state index contributed by atoms with van der Waals surface area (Å²) in [7, 11) is -5.47. The van der Waals surface area contributed by atoms with Gasteiger partial charge in [0.05, 0.1) is 19.3 Å². The van der Waals surface area contributed by atoms with Gasteiger partial charge < -0.3 is 31.4 Å². The molecule has 2 heterocycles. The third-order valence-corrected chi connectivity index (χ3v) is 6.33. The quantitative estimate of drug-likeness (QED) is 0.232. The van der Waals surface area contributed by atoms with Crippen molar-refractivity contribution in [1.82, 2.24) is 9.03 Å². The number of carbonyl (C=O) groups is 1. The third-order valence-electron chi connectivity index (χ3n) is 4.77. The van der Waals surface area contributed by atoms with Gasteiger partial charge in [-0.15, -0.1) is 0 Å². The van der Waals surface area contributed by atoms with Crippen LogP contribution in [0.25, 0.3) is 0 Å². The molecule has 2 fully saturated rings. The molecule has 144 valence electrons. The SMILES string of the molecule is N[C@@H]1COCC1NS(=O)(=O)N1C[C@H](CCCB(O)O)[C@](N)(C(=O)O)C1. The Balaban J connectivity index is 2.07. The molecule has 0 amide bonds. The first-order valence-electron chi connectivity index (χ1n) is 8.05. The summed E-state index contributed by atoms with van der Waals surface area (Å²) in [5, 5.41) is 27.3. The number of nitrogens with zero attached hydrogens (tertiary/aromatic N) is 1. The molecule has 2 aliphatic heterocycles. The predicted octanol–water partition coefficient (Wildman–Crippen LogP) is -3.49. The summed E-state index contributed by atoms with van der Waals surface area (Å²) in [6, 6.07) is -1.05. The summed E-state index contributed by atoms with van der Waals surface area (Å²) in [5.41, 5.74) is 10.0. The summed E-state index contributed by atoms with van der Waals surface area (Å²) in [6.07, 6.45) is 0.640. The Morgan fingerprint density at radius 2 is 2.08 bits per heavy atom. The first kappa shape index (κ1) is 20.5. The van der Waals surface area contributed by atoms with Gasteiger partial charge >= 0.3 is 13.1 Å². The molecule has 2 saturated heterocycles. The van der Waals surface area contributed by atoms with Crippen LogP contribution in [0, 0.1) is 5.92 Å². The summed E-state index contributed by atoms with van der Waals surface area (Å²) in [6.45, 7) is -0.0384. The van der Waals surface area contributed by atoms with Crippen LogP contribution in [0.1, 0.15) is 12.8 Å². The van der Waals surface area contributed by atoms with Crippen LogP contribution in [0.15, 0.2) is 0 Å². The van der Waals surface area contributed by atoms with E-state index in [1.165, 1.54) is 0 Å². The van der Waals surface area contributed by atoms with E-state index in [0.717, 1.165) is 4.31 Å². The second-order valence-corrected chi connectivity index (χ2v) is 8.38. The molecular weight excluding hydrogens is 355 g/mol. The Morgan fingerprint density at radius 3 is 2.60 bits per heavy atom. The minimum Gasteiger partial charge on any atom is -0.480 e. The van der Waals surface area contributed by atoms with Crippen LogP contribution in [-0.4, -0.2) is 84.9 Å².